The lowest BCUT2D eigenvalue weighted by atomic mass is 10.2. The van der Waals surface area contributed by atoms with Crippen molar-refractivity contribution < 1.29 is 14.3 Å². The highest BCUT2D eigenvalue weighted by Gasteiger charge is 2.29. The molecule has 2 aliphatic heterocycles. The van der Waals surface area contributed by atoms with Gasteiger partial charge in [0.05, 0.1) is 30.9 Å². The first kappa shape index (κ1) is 19.1. The van der Waals surface area contributed by atoms with Gasteiger partial charge in [0.15, 0.2) is 0 Å². The van der Waals surface area contributed by atoms with Crippen molar-refractivity contribution in [3.8, 4) is 5.75 Å². The summed E-state index contributed by atoms with van der Waals surface area (Å²) in [6, 6.07) is 15.9. The van der Waals surface area contributed by atoms with E-state index in [-0.39, 0.29) is 5.91 Å². The van der Waals surface area contributed by atoms with Gasteiger partial charge in [0, 0.05) is 31.1 Å². The van der Waals surface area contributed by atoms with Crippen LogP contribution in [0.25, 0.3) is 6.08 Å². The Kier molecular flexibility index (Phi) is 6.00. The molecule has 0 bridgehead atoms. The summed E-state index contributed by atoms with van der Waals surface area (Å²) in [5, 5.41) is 0. The first-order valence-electron chi connectivity index (χ1n) is 9.49. The number of carbonyl (C=O) groups excluding carboxylic acids is 1. The van der Waals surface area contributed by atoms with Crippen molar-refractivity contribution in [2.45, 2.75) is 4.90 Å². The van der Waals surface area contributed by atoms with Gasteiger partial charge in [-0.3, -0.25) is 9.69 Å². The fraction of sp³-hybridized carbons (Fsp3) is 0.318. The Bertz CT molecular complexity index is 860. The number of fused-ring (bicyclic) bond motifs is 1. The molecule has 146 valence electrons. The number of ether oxygens (including phenoxy) is 2. The predicted molar refractivity (Wildman–Crippen MR) is 113 cm³/mol. The zero-order chi connectivity index (χ0) is 19.3. The van der Waals surface area contributed by atoms with E-state index in [1.54, 1.807) is 18.9 Å². The number of thioether (sulfide) groups is 1. The summed E-state index contributed by atoms with van der Waals surface area (Å²) in [4.78, 5) is 19.4. The molecule has 2 heterocycles. The Morgan fingerprint density at radius 1 is 1.07 bits per heavy atom. The van der Waals surface area contributed by atoms with Gasteiger partial charge in [0.1, 0.15) is 5.75 Å². The summed E-state index contributed by atoms with van der Waals surface area (Å²) in [5.41, 5.74) is 1.99. The summed E-state index contributed by atoms with van der Waals surface area (Å²) in [6.07, 6.45) is 1.96. The van der Waals surface area contributed by atoms with Gasteiger partial charge in [-0.05, 0) is 35.9 Å². The largest absolute Gasteiger partial charge is 0.497 e. The average Bonchev–Trinajstić information content (AvgIpc) is 2.75. The highest BCUT2D eigenvalue weighted by Crippen LogP contribution is 2.42. The number of rotatable bonds is 5. The van der Waals surface area contributed by atoms with Crippen LogP contribution in [-0.2, 0) is 9.53 Å². The molecule has 2 aromatic rings. The van der Waals surface area contributed by atoms with Gasteiger partial charge in [-0.25, -0.2) is 0 Å². The van der Waals surface area contributed by atoms with E-state index in [9.17, 15) is 4.79 Å². The molecule has 5 nitrogen and oxygen atoms in total. The number of hydrogen-bond donors (Lipinski definition) is 0. The van der Waals surface area contributed by atoms with Crippen LogP contribution in [0.1, 0.15) is 5.56 Å². The molecule has 0 aromatic heterocycles. The third-order valence-electron chi connectivity index (χ3n) is 4.99. The summed E-state index contributed by atoms with van der Waals surface area (Å²) in [7, 11) is 1.65. The van der Waals surface area contributed by atoms with E-state index in [0.29, 0.717) is 6.54 Å². The van der Waals surface area contributed by atoms with Crippen LogP contribution in [-0.4, -0.2) is 57.3 Å². The van der Waals surface area contributed by atoms with Crippen molar-refractivity contribution >= 4 is 29.4 Å². The zero-order valence-electron chi connectivity index (χ0n) is 16.0. The highest BCUT2D eigenvalue weighted by molar-refractivity contribution is 8.04. The van der Waals surface area contributed by atoms with Gasteiger partial charge in [-0.15, -0.1) is 0 Å². The van der Waals surface area contributed by atoms with Crippen molar-refractivity contribution in [2.75, 3.05) is 51.4 Å². The number of amides is 1. The molecule has 1 saturated heterocycles. The second kappa shape index (κ2) is 8.82. The van der Waals surface area contributed by atoms with E-state index in [0.717, 1.165) is 59.6 Å². The Morgan fingerprint density at radius 2 is 1.82 bits per heavy atom. The SMILES string of the molecule is COc1ccc(C=C2Sc3ccccc3N(CCN3CCOCC3)C2=O)cc1. The van der Waals surface area contributed by atoms with Crippen molar-refractivity contribution in [2.24, 2.45) is 0 Å². The summed E-state index contributed by atoms with van der Waals surface area (Å²) >= 11 is 1.54. The number of benzene rings is 2. The van der Waals surface area contributed by atoms with Crippen LogP contribution in [0.5, 0.6) is 5.75 Å². The Labute approximate surface area is 169 Å². The molecule has 28 heavy (non-hydrogen) atoms. The van der Waals surface area contributed by atoms with E-state index in [1.165, 1.54) is 0 Å². The number of hydrogen-bond acceptors (Lipinski definition) is 5. The van der Waals surface area contributed by atoms with Gasteiger partial charge in [0.2, 0.25) is 0 Å². The standard InChI is InChI=1S/C22H24N2O3S/c1-26-18-8-6-17(7-9-18)16-21-22(25)24(11-10-23-12-14-27-15-13-23)19-4-2-3-5-20(19)28-21/h2-9,16H,10-15H2,1H3. The summed E-state index contributed by atoms with van der Waals surface area (Å²) in [6.45, 7) is 4.91. The van der Waals surface area contributed by atoms with Crippen LogP contribution in [0.3, 0.4) is 0 Å². The predicted octanol–water partition coefficient (Wildman–Crippen LogP) is 3.51. The van der Waals surface area contributed by atoms with Crippen LogP contribution < -0.4 is 9.64 Å². The fourth-order valence-corrected chi connectivity index (χ4v) is 4.46. The van der Waals surface area contributed by atoms with Crippen LogP contribution >= 0.6 is 11.8 Å². The molecule has 1 fully saturated rings. The molecule has 0 saturated carbocycles. The van der Waals surface area contributed by atoms with Crippen molar-refractivity contribution in [3.63, 3.8) is 0 Å². The molecule has 6 heteroatoms. The molecule has 2 aliphatic rings. The first-order chi connectivity index (χ1) is 13.7. The normalized spacial score (nSPS) is 19.0. The lowest BCUT2D eigenvalue weighted by Crippen LogP contribution is -2.44. The topological polar surface area (TPSA) is 42.0 Å². The molecular formula is C22H24N2O3S. The lowest BCUT2D eigenvalue weighted by Gasteiger charge is -2.33. The minimum absolute atomic E-state index is 0.0628. The molecule has 0 spiro atoms. The Balaban J connectivity index is 1.57. The zero-order valence-corrected chi connectivity index (χ0v) is 16.8. The molecule has 0 unspecified atom stereocenters. The number of anilines is 1. The van der Waals surface area contributed by atoms with Crippen LogP contribution in [0.15, 0.2) is 58.3 Å². The molecule has 0 radical (unpaired) electrons. The van der Waals surface area contributed by atoms with Gasteiger partial charge < -0.3 is 14.4 Å². The number of carbonyl (C=O) groups is 1. The van der Waals surface area contributed by atoms with Crippen LogP contribution in [0, 0.1) is 0 Å². The summed E-state index contributed by atoms with van der Waals surface area (Å²) in [5.74, 6) is 0.870. The smallest absolute Gasteiger partial charge is 0.265 e. The van der Waals surface area contributed by atoms with E-state index >= 15 is 0 Å². The minimum Gasteiger partial charge on any atom is -0.497 e. The molecule has 4 rings (SSSR count). The van der Waals surface area contributed by atoms with Crippen molar-refractivity contribution in [1.29, 1.82) is 0 Å². The monoisotopic (exact) mass is 396 g/mol. The maximum atomic E-state index is 13.3. The quantitative estimate of drug-likeness (QED) is 0.724. The third kappa shape index (κ3) is 4.24. The van der Waals surface area contributed by atoms with E-state index < -0.39 is 0 Å². The third-order valence-corrected chi connectivity index (χ3v) is 6.07. The lowest BCUT2D eigenvalue weighted by molar-refractivity contribution is -0.114. The maximum absolute atomic E-state index is 13.3. The second-order valence-electron chi connectivity index (χ2n) is 6.76. The van der Waals surface area contributed by atoms with E-state index in [2.05, 4.69) is 11.0 Å². The number of para-hydroxylation sites is 1. The van der Waals surface area contributed by atoms with Gasteiger partial charge in [0.25, 0.3) is 5.91 Å². The van der Waals surface area contributed by atoms with Gasteiger partial charge in [-0.2, -0.15) is 0 Å². The Morgan fingerprint density at radius 3 is 2.57 bits per heavy atom. The minimum atomic E-state index is 0.0628. The van der Waals surface area contributed by atoms with Gasteiger partial charge in [-0.1, -0.05) is 36.0 Å². The second-order valence-corrected chi connectivity index (χ2v) is 7.85. The number of methoxy groups -OCH3 is 1. The molecule has 0 atom stereocenters. The molecular weight excluding hydrogens is 372 g/mol. The molecule has 2 aromatic carbocycles. The molecule has 0 aliphatic carbocycles. The maximum Gasteiger partial charge on any atom is 0.265 e. The number of morpholine rings is 1. The molecule has 1 amide bonds. The first-order valence-corrected chi connectivity index (χ1v) is 10.3. The van der Waals surface area contributed by atoms with Crippen LogP contribution in [0.4, 0.5) is 5.69 Å². The number of nitrogens with zero attached hydrogens (tertiary/aromatic N) is 2. The fourth-order valence-electron chi connectivity index (χ4n) is 3.40. The average molecular weight is 397 g/mol. The van der Waals surface area contributed by atoms with E-state index in [4.69, 9.17) is 9.47 Å². The van der Waals surface area contributed by atoms with Crippen molar-refractivity contribution in [3.05, 3.63) is 59.0 Å². The highest BCUT2D eigenvalue weighted by atomic mass is 32.2. The van der Waals surface area contributed by atoms with Crippen LogP contribution in [0.2, 0.25) is 0 Å². The Hall–Kier alpha value is -2.28. The van der Waals surface area contributed by atoms with E-state index in [1.807, 2.05) is 53.4 Å². The van der Waals surface area contributed by atoms with Gasteiger partial charge >= 0.3 is 0 Å². The van der Waals surface area contributed by atoms with Crippen molar-refractivity contribution in [1.82, 2.24) is 4.90 Å². The summed E-state index contributed by atoms with van der Waals surface area (Å²) < 4.78 is 10.6. The molecule has 0 N–H and O–H groups in total.